The van der Waals surface area contributed by atoms with Gasteiger partial charge in [-0.05, 0) is 32.0 Å². The molecule has 2 rings (SSSR count). The molecule has 0 amide bonds. The fourth-order valence-corrected chi connectivity index (χ4v) is 2.19. The van der Waals surface area contributed by atoms with Gasteiger partial charge in [-0.15, -0.1) is 11.3 Å². The third-order valence-electron chi connectivity index (χ3n) is 2.52. The van der Waals surface area contributed by atoms with Crippen molar-refractivity contribution in [1.29, 1.82) is 0 Å². The van der Waals surface area contributed by atoms with E-state index in [1.807, 2.05) is 12.3 Å². The highest BCUT2D eigenvalue weighted by atomic mass is 32.1. The van der Waals surface area contributed by atoms with Crippen LogP contribution in [-0.2, 0) is 6.61 Å². The molecule has 0 unspecified atom stereocenters. The van der Waals surface area contributed by atoms with E-state index >= 15 is 0 Å². The maximum atomic E-state index is 13.2. The van der Waals surface area contributed by atoms with Crippen LogP contribution in [0, 0.1) is 12.7 Å². The summed E-state index contributed by atoms with van der Waals surface area (Å²) in [5.41, 5.74) is 1.54. The van der Waals surface area contributed by atoms with Gasteiger partial charge in [0, 0.05) is 10.9 Å². The second kappa shape index (κ2) is 5.79. The van der Waals surface area contributed by atoms with Crippen molar-refractivity contribution >= 4 is 17.0 Å². The number of hydrogen-bond donors (Lipinski definition) is 1. The monoisotopic (exact) mass is 280 g/mol. The topological polar surface area (TPSA) is 54.7 Å². The largest absolute Gasteiger partial charge is 0.487 e. The van der Waals surface area contributed by atoms with Crippen LogP contribution in [0.1, 0.15) is 23.2 Å². The molecule has 2 aromatic rings. The highest BCUT2D eigenvalue weighted by molar-refractivity contribution is 7.09. The summed E-state index contributed by atoms with van der Waals surface area (Å²) in [4.78, 5) is 4.28. The third-order valence-corrected chi connectivity index (χ3v) is 3.35. The first-order valence-corrected chi connectivity index (χ1v) is 6.50. The summed E-state index contributed by atoms with van der Waals surface area (Å²) in [5, 5.41) is 14.7. The lowest BCUT2D eigenvalue weighted by Gasteiger charge is -2.09. The Labute approximate surface area is 114 Å². The Morgan fingerprint density at radius 1 is 1.53 bits per heavy atom. The van der Waals surface area contributed by atoms with E-state index in [1.165, 1.54) is 18.2 Å². The molecular weight excluding hydrogens is 267 g/mol. The molecule has 4 nitrogen and oxygen atoms in total. The van der Waals surface area contributed by atoms with E-state index in [1.54, 1.807) is 18.3 Å². The van der Waals surface area contributed by atoms with Crippen LogP contribution in [-0.4, -0.2) is 15.9 Å². The van der Waals surface area contributed by atoms with Gasteiger partial charge in [0.1, 0.15) is 18.2 Å². The maximum absolute atomic E-state index is 13.2. The zero-order valence-electron chi connectivity index (χ0n) is 10.6. The van der Waals surface area contributed by atoms with E-state index < -0.39 is 5.82 Å². The molecule has 100 valence electrons. The lowest BCUT2D eigenvalue weighted by molar-refractivity contribution is 0.299. The summed E-state index contributed by atoms with van der Waals surface area (Å²) in [5.74, 6) is 0.0530. The van der Waals surface area contributed by atoms with E-state index in [-0.39, 0.29) is 0 Å². The Hall–Kier alpha value is -1.95. The van der Waals surface area contributed by atoms with Crippen LogP contribution in [0.4, 0.5) is 4.39 Å². The van der Waals surface area contributed by atoms with Crippen molar-refractivity contribution in [2.75, 3.05) is 0 Å². The summed E-state index contributed by atoms with van der Waals surface area (Å²) in [7, 11) is 0. The van der Waals surface area contributed by atoms with E-state index in [0.29, 0.717) is 23.6 Å². The number of ether oxygens (including phenoxy) is 1. The molecule has 1 aromatic heterocycles. The molecule has 0 aliphatic heterocycles. The number of nitrogens with zero attached hydrogens (tertiary/aromatic N) is 2. The predicted molar refractivity (Wildman–Crippen MR) is 71.6 cm³/mol. The van der Waals surface area contributed by atoms with Gasteiger partial charge in [0.2, 0.25) is 0 Å². The number of aryl methyl sites for hydroxylation is 1. The number of aromatic nitrogens is 1. The summed E-state index contributed by atoms with van der Waals surface area (Å²) >= 11 is 1.54. The Morgan fingerprint density at radius 2 is 2.32 bits per heavy atom. The quantitative estimate of drug-likeness (QED) is 0.530. The highest BCUT2D eigenvalue weighted by Crippen LogP contribution is 2.22. The molecular formula is C13H13FN2O2S. The van der Waals surface area contributed by atoms with Crippen LogP contribution in [0.3, 0.4) is 0 Å². The first-order valence-electron chi connectivity index (χ1n) is 5.62. The van der Waals surface area contributed by atoms with E-state index in [4.69, 9.17) is 9.94 Å². The molecule has 0 aliphatic carbocycles. The van der Waals surface area contributed by atoms with E-state index in [9.17, 15) is 4.39 Å². The Balaban J connectivity index is 2.20. The number of thiazole rings is 1. The smallest absolute Gasteiger partial charge is 0.131 e. The normalized spacial score (nSPS) is 11.6. The van der Waals surface area contributed by atoms with Crippen molar-refractivity contribution in [2.45, 2.75) is 20.5 Å². The lowest BCUT2D eigenvalue weighted by atomic mass is 10.1. The first kappa shape index (κ1) is 13.5. The molecule has 0 fully saturated rings. The van der Waals surface area contributed by atoms with Crippen LogP contribution in [0.2, 0.25) is 0 Å². The molecule has 0 saturated heterocycles. The zero-order valence-corrected chi connectivity index (χ0v) is 11.4. The van der Waals surface area contributed by atoms with Crippen LogP contribution < -0.4 is 4.74 Å². The molecule has 0 aliphatic rings. The number of oxime groups is 1. The summed E-state index contributed by atoms with van der Waals surface area (Å²) < 4.78 is 18.8. The average molecular weight is 280 g/mol. The van der Waals surface area contributed by atoms with Gasteiger partial charge in [0.15, 0.2) is 0 Å². The number of benzene rings is 1. The molecule has 0 spiro atoms. The molecule has 6 heteroatoms. The number of rotatable bonds is 4. The molecule has 19 heavy (non-hydrogen) atoms. The van der Waals surface area contributed by atoms with Gasteiger partial charge in [-0.1, -0.05) is 5.16 Å². The van der Waals surface area contributed by atoms with Crippen LogP contribution >= 0.6 is 11.3 Å². The number of halogens is 1. The summed E-state index contributed by atoms with van der Waals surface area (Å²) in [6.45, 7) is 3.79. The summed E-state index contributed by atoms with van der Waals surface area (Å²) in [6.07, 6.45) is 0. The van der Waals surface area contributed by atoms with Gasteiger partial charge < -0.3 is 9.94 Å². The highest BCUT2D eigenvalue weighted by Gasteiger charge is 2.10. The van der Waals surface area contributed by atoms with Crippen LogP contribution in [0.15, 0.2) is 28.7 Å². The molecule has 1 N–H and O–H groups in total. The van der Waals surface area contributed by atoms with E-state index in [0.717, 1.165) is 10.7 Å². The van der Waals surface area contributed by atoms with Crippen LogP contribution in [0.5, 0.6) is 5.75 Å². The van der Waals surface area contributed by atoms with E-state index in [2.05, 4.69) is 10.1 Å². The minimum Gasteiger partial charge on any atom is -0.487 e. The van der Waals surface area contributed by atoms with Crippen LogP contribution in [0.25, 0.3) is 0 Å². The second-order valence-corrected chi connectivity index (χ2v) is 5.03. The lowest BCUT2D eigenvalue weighted by Crippen LogP contribution is -2.03. The van der Waals surface area contributed by atoms with Gasteiger partial charge in [-0.2, -0.15) is 0 Å². The Bertz CT molecular complexity index is 610. The molecule has 0 radical (unpaired) electrons. The predicted octanol–water partition coefficient (Wildman–Crippen LogP) is 3.37. The van der Waals surface area contributed by atoms with Gasteiger partial charge >= 0.3 is 0 Å². The van der Waals surface area contributed by atoms with Crippen molar-refractivity contribution in [2.24, 2.45) is 5.16 Å². The SMILES string of the molecule is CC(=NO)c1cc(F)ccc1OCc1csc(C)n1. The van der Waals surface area contributed by atoms with Crippen molar-refractivity contribution in [3.63, 3.8) is 0 Å². The maximum Gasteiger partial charge on any atom is 0.131 e. The van der Waals surface area contributed by atoms with Crippen molar-refractivity contribution in [3.8, 4) is 5.75 Å². The van der Waals surface area contributed by atoms with Gasteiger partial charge in [0.25, 0.3) is 0 Å². The second-order valence-electron chi connectivity index (χ2n) is 3.97. The fourth-order valence-electron chi connectivity index (χ4n) is 1.59. The van der Waals surface area contributed by atoms with Gasteiger partial charge in [0.05, 0.1) is 16.4 Å². The molecule has 0 saturated carbocycles. The Morgan fingerprint density at radius 3 is 2.95 bits per heavy atom. The minimum atomic E-state index is -0.408. The van der Waals surface area contributed by atoms with Gasteiger partial charge in [-0.25, -0.2) is 9.37 Å². The third kappa shape index (κ3) is 3.29. The molecule has 1 aromatic carbocycles. The number of hydrogen-bond acceptors (Lipinski definition) is 5. The first-order chi connectivity index (χ1) is 9.10. The molecule has 0 bridgehead atoms. The molecule has 0 atom stereocenters. The average Bonchev–Trinajstić information content (AvgIpc) is 2.82. The fraction of sp³-hybridized carbons (Fsp3) is 0.231. The minimum absolute atomic E-state index is 0.293. The van der Waals surface area contributed by atoms with Crippen molar-refractivity contribution in [1.82, 2.24) is 4.98 Å². The van der Waals surface area contributed by atoms with Gasteiger partial charge in [-0.3, -0.25) is 0 Å². The zero-order chi connectivity index (χ0) is 13.8. The summed E-state index contributed by atoms with van der Waals surface area (Å²) in [6, 6.07) is 4.09. The standard InChI is InChI=1S/C13H13FN2O2S/c1-8(16-17)12-5-10(14)3-4-13(12)18-6-11-7-19-9(2)15-11/h3-5,7,17H,6H2,1-2H3. The van der Waals surface area contributed by atoms with Crippen molar-refractivity contribution < 1.29 is 14.3 Å². The molecule has 1 heterocycles. The van der Waals surface area contributed by atoms with Crippen molar-refractivity contribution in [3.05, 3.63) is 45.7 Å². The Kier molecular flexibility index (Phi) is 4.11.